The van der Waals surface area contributed by atoms with Crippen LogP contribution in [0.2, 0.25) is 0 Å². The van der Waals surface area contributed by atoms with Gasteiger partial charge in [-0.05, 0) is 12.1 Å². The second-order valence-corrected chi connectivity index (χ2v) is 5.34. The first-order valence-electron chi connectivity index (χ1n) is 4.96. The van der Waals surface area contributed by atoms with Gasteiger partial charge in [0, 0.05) is 12.7 Å². The molecule has 0 aliphatic heterocycles. The maximum atomic E-state index is 12.3. The minimum Gasteiger partial charge on any atom is -0.383 e. The Kier molecular flexibility index (Phi) is 4.17. The van der Waals surface area contributed by atoms with E-state index < -0.39 is 27.6 Å². The van der Waals surface area contributed by atoms with Crippen LogP contribution in [0.1, 0.15) is 6.92 Å². The van der Waals surface area contributed by atoms with Crippen LogP contribution in [0.5, 0.6) is 0 Å². The van der Waals surface area contributed by atoms with Gasteiger partial charge in [0.15, 0.2) is 0 Å². The Morgan fingerprint density at radius 2 is 2.06 bits per heavy atom. The van der Waals surface area contributed by atoms with Crippen molar-refractivity contribution in [3.8, 4) is 0 Å². The molecule has 0 aliphatic rings. The Morgan fingerprint density at radius 3 is 2.50 bits per heavy atom. The minimum absolute atomic E-state index is 0.306. The summed E-state index contributed by atoms with van der Waals surface area (Å²) in [7, 11) is -4.29. The molecule has 9 heteroatoms. The van der Waals surface area contributed by atoms with E-state index in [1.807, 2.05) is 0 Å². The van der Waals surface area contributed by atoms with E-state index in [0.717, 1.165) is 6.07 Å². The first-order valence-corrected chi connectivity index (χ1v) is 6.40. The van der Waals surface area contributed by atoms with Gasteiger partial charge < -0.3 is 5.73 Å². The highest BCUT2D eigenvalue weighted by molar-refractivity contribution is 7.89. The Morgan fingerprint density at radius 1 is 1.44 bits per heavy atom. The Labute approximate surface area is 102 Å². The molecule has 102 valence electrons. The van der Waals surface area contributed by atoms with Gasteiger partial charge in [0.05, 0.1) is 0 Å². The molecule has 1 aromatic rings. The summed E-state index contributed by atoms with van der Waals surface area (Å²) in [4.78, 5) is 3.13. The highest BCUT2D eigenvalue weighted by atomic mass is 32.2. The Hall–Kier alpha value is -1.35. The second kappa shape index (κ2) is 5.11. The normalized spacial score (nSPS) is 12.9. The van der Waals surface area contributed by atoms with Crippen LogP contribution >= 0.6 is 0 Å². The van der Waals surface area contributed by atoms with Crippen LogP contribution in [-0.4, -0.2) is 37.0 Å². The maximum Gasteiger partial charge on any atom is 0.402 e. The zero-order chi connectivity index (χ0) is 14.0. The number of rotatable bonds is 4. The maximum absolute atomic E-state index is 12.3. The number of sulfonamides is 1. The summed E-state index contributed by atoms with van der Waals surface area (Å²) in [6.07, 6.45) is -3.35. The average molecular weight is 283 g/mol. The standard InChI is InChI=1S/C9H12F3N3O2S/c1-2-15(6-9(10,11)12)18(16,17)7-4-3-5-14-8(7)13/h3-5H,2,6H2,1H3,(H2,13,14). The molecule has 0 atom stereocenters. The molecule has 1 aromatic heterocycles. The van der Waals surface area contributed by atoms with E-state index in [2.05, 4.69) is 4.98 Å². The van der Waals surface area contributed by atoms with Crippen molar-refractivity contribution < 1.29 is 21.6 Å². The number of hydrogen-bond acceptors (Lipinski definition) is 4. The summed E-state index contributed by atoms with van der Waals surface area (Å²) in [6, 6.07) is 2.42. The zero-order valence-corrected chi connectivity index (χ0v) is 10.3. The van der Waals surface area contributed by atoms with Crippen molar-refractivity contribution >= 4 is 15.8 Å². The molecule has 2 N–H and O–H groups in total. The number of nitrogens with two attached hydrogens (primary N) is 1. The van der Waals surface area contributed by atoms with E-state index in [0.29, 0.717) is 4.31 Å². The fourth-order valence-electron chi connectivity index (χ4n) is 1.33. The van der Waals surface area contributed by atoms with Crippen molar-refractivity contribution in [2.75, 3.05) is 18.8 Å². The molecule has 0 aromatic carbocycles. The van der Waals surface area contributed by atoms with E-state index in [9.17, 15) is 21.6 Å². The molecule has 0 amide bonds. The van der Waals surface area contributed by atoms with Gasteiger partial charge in [-0.25, -0.2) is 13.4 Å². The van der Waals surface area contributed by atoms with Gasteiger partial charge >= 0.3 is 6.18 Å². The second-order valence-electron chi connectivity index (χ2n) is 3.43. The molecule has 0 spiro atoms. The third-order valence-electron chi connectivity index (χ3n) is 2.13. The van der Waals surface area contributed by atoms with Crippen molar-refractivity contribution in [1.29, 1.82) is 0 Å². The van der Waals surface area contributed by atoms with Gasteiger partial charge in [-0.3, -0.25) is 0 Å². The molecule has 1 rings (SSSR count). The summed E-state index contributed by atoms with van der Waals surface area (Å²) >= 11 is 0. The van der Waals surface area contributed by atoms with Crippen LogP contribution in [0.15, 0.2) is 23.2 Å². The number of nitrogens with zero attached hydrogens (tertiary/aromatic N) is 2. The highest BCUT2D eigenvalue weighted by Gasteiger charge is 2.36. The monoisotopic (exact) mass is 283 g/mol. The molecule has 0 saturated heterocycles. The lowest BCUT2D eigenvalue weighted by Crippen LogP contribution is -2.39. The van der Waals surface area contributed by atoms with Gasteiger partial charge in [-0.1, -0.05) is 6.92 Å². The van der Waals surface area contributed by atoms with Crippen LogP contribution < -0.4 is 5.73 Å². The summed E-state index contributed by atoms with van der Waals surface area (Å²) in [5.74, 6) is -0.321. The Bertz CT molecular complexity index is 516. The lowest BCUT2D eigenvalue weighted by molar-refractivity contribution is -0.135. The fourth-order valence-corrected chi connectivity index (χ4v) is 2.83. The molecule has 0 aliphatic carbocycles. The average Bonchev–Trinajstić information content (AvgIpc) is 2.24. The van der Waals surface area contributed by atoms with Crippen LogP contribution in [0.3, 0.4) is 0 Å². The number of hydrogen-bond donors (Lipinski definition) is 1. The number of halogens is 3. The van der Waals surface area contributed by atoms with Gasteiger partial charge in [-0.15, -0.1) is 0 Å². The highest BCUT2D eigenvalue weighted by Crippen LogP contribution is 2.24. The molecule has 1 heterocycles. The van der Waals surface area contributed by atoms with Crippen molar-refractivity contribution in [3.05, 3.63) is 18.3 Å². The van der Waals surface area contributed by atoms with Gasteiger partial charge in [0.1, 0.15) is 17.3 Å². The third kappa shape index (κ3) is 3.33. The van der Waals surface area contributed by atoms with E-state index >= 15 is 0 Å². The van der Waals surface area contributed by atoms with E-state index in [1.54, 1.807) is 0 Å². The predicted octanol–water partition coefficient (Wildman–Crippen LogP) is 1.24. The number of aromatic nitrogens is 1. The molecular formula is C9H12F3N3O2S. The molecular weight excluding hydrogens is 271 g/mol. The predicted molar refractivity (Wildman–Crippen MR) is 59.1 cm³/mol. The number of pyridine rings is 1. The van der Waals surface area contributed by atoms with Crippen molar-refractivity contribution in [2.24, 2.45) is 0 Å². The minimum atomic E-state index is -4.61. The molecule has 0 fully saturated rings. The molecule has 0 bridgehead atoms. The molecule has 5 nitrogen and oxygen atoms in total. The van der Waals surface area contributed by atoms with E-state index in [1.165, 1.54) is 19.2 Å². The number of alkyl halides is 3. The first-order chi connectivity index (χ1) is 8.18. The number of anilines is 1. The Balaban J connectivity index is 3.16. The summed E-state index contributed by atoms with van der Waals surface area (Å²) < 4.78 is 61.1. The number of nitrogen functional groups attached to an aromatic ring is 1. The smallest absolute Gasteiger partial charge is 0.383 e. The van der Waals surface area contributed by atoms with Crippen molar-refractivity contribution in [1.82, 2.24) is 9.29 Å². The molecule has 0 saturated carbocycles. The van der Waals surface area contributed by atoms with Crippen LogP contribution in [0.4, 0.5) is 19.0 Å². The SMILES string of the molecule is CCN(CC(F)(F)F)S(=O)(=O)c1cccnc1N. The third-order valence-corrected chi connectivity index (χ3v) is 4.09. The van der Waals surface area contributed by atoms with Gasteiger partial charge in [0.2, 0.25) is 10.0 Å². The summed E-state index contributed by atoms with van der Waals surface area (Å²) in [5, 5.41) is 0. The van der Waals surface area contributed by atoms with E-state index in [4.69, 9.17) is 5.73 Å². The first kappa shape index (κ1) is 14.7. The fraction of sp³-hybridized carbons (Fsp3) is 0.444. The lowest BCUT2D eigenvalue weighted by atomic mass is 10.5. The zero-order valence-electron chi connectivity index (χ0n) is 9.48. The quantitative estimate of drug-likeness (QED) is 0.902. The summed E-state index contributed by atoms with van der Waals surface area (Å²) in [6.45, 7) is -0.549. The van der Waals surface area contributed by atoms with Crippen LogP contribution in [-0.2, 0) is 10.0 Å². The van der Waals surface area contributed by atoms with Crippen molar-refractivity contribution in [2.45, 2.75) is 18.0 Å². The molecule has 0 unspecified atom stereocenters. The topological polar surface area (TPSA) is 76.3 Å². The van der Waals surface area contributed by atoms with Crippen LogP contribution in [0.25, 0.3) is 0 Å². The van der Waals surface area contributed by atoms with Crippen LogP contribution in [0, 0.1) is 0 Å². The molecule has 18 heavy (non-hydrogen) atoms. The van der Waals surface area contributed by atoms with Crippen molar-refractivity contribution in [3.63, 3.8) is 0 Å². The van der Waals surface area contributed by atoms with E-state index in [-0.39, 0.29) is 12.4 Å². The van der Waals surface area contributed by atoms with Gasteiger partial charge in [0.25, 0.3) is 0 Å². The summed E-state index contributed by atoms with van der Waals surface area (Å²) in [5.41, 5.74) is 5.36. The lowest BCUT2D eigenvalue weighted by Gasteiger charge is -2.22. The largest absolute Gasteiger partial charge is 0.402 e. The molecule has 0 radical (unpaired) electrons. The van der Waals surface area contributed by atoms with Gasteiger partial charge in [-0.2, -0.15) is 17.5 Å².